The van der Waals surface area contributed by atoms with Gasteiger partial charge in [-0.05, 0) is 47.5 Å². The maximum atomic E-state index is 3.46. The molecule has 0 N–H and O–H groups in total. The maximum Gasteiger partial charge on any atom is 0.0396 e. The second-order valence-corrected chi connectivity index (χ2v) is 5.81. The Bertz CT molecular complexity index is 719. The molecule has 0 nitrogen and oxygen atoms in total. The number of benzene rings is 1. The molecule has 0 saturated carbocycles. The first-order valence-electron chi connectivity index (χ1n) is 6.63. The first-order valence-corrected chi connectivity index (χ1v) is 7.63. The summed E-state index contributed by atoms with van der Waals surface area (Å²) in [5, 5.41) is 4.34. The summed E-state index contributed by atoms with van der Waals surface area (Å²) in [4.78, 5) is 0. The summed E-state index contributed by atoms with van der Waals surface area (Å²) in [5.74, 6) is 0. The minimum atomic E-state index is 0. The zero-order chi connectivity index (χ0) is 13.8. The van der Waals surface area contributed by atoms with Crippen molar-refractivity contribution >= 4 is 33.7 Å². The molecule has 0 atom stereocenters. The van der Waals surface area contributed by atoms with E-state index in [2.05, 4.69) is 49.9 Å². The fourth-order valence-corrected chi connectivity index (χ4v) is 2.91. The van der Waals surface area contributed by atoms with Crippen LogP contribution in [0.25, 0.3) is 23.4 Å². The molecule has 0 unspecified atom stereocenters. The quantitative estimate of drug-likeness (QED) is 0.550. The molecule has 0 saturated heterocycles. The van der Waals surface area contributed by atoms with Crippen LogP contribution in [0.3, 0.4) is 0 Å². The summed E-state index contributed by atoms with van der Waals surface area (Å²) < 4.78 is 0. The van der Waals surface area contributed by atoms with Crippen LogP contribution in [0.15, 0.2) is 48.6 Å². The summed E-state index contributed by atoms with van der Waals surface area (Å²) in [6.45, 7) is 7.64. The molecule has 1 aromatic rings. The van der Waals surface area contributed by atoms with Crippen LogP contribution in [-0.4, -0.2) is 10.2 Å². The topological polar surface area (TPSA) is 0 Å². The van der Waals surface area contributed by atoms with Crippen LogP contribution in [0.4, 0.5) is 0 Å². The molecule has 2 heteroatoms. The van der Waals surface area contributed by atoms with Gasteiger partial charge in [0.25, 0.3) is 0 Å². The van der Waals surface area contributed by atoms with Gasteiger partial charge in [-0.25, -0.2) is 0 Å². The van der Waals surface area contributed by atoms with Gasteiger partial charge in [0.15, 0.2) is 0 Å². The monoisotopic (exact) mass is 312 g/mol. The predicted molar refractivity (Wildman–Crippen MR) is 91.2 cm³/mol. The van der Waals surface area contributed by atoms with Gasteiger partial charge >= 0.3 is 0 Å². The van der Waals surface area contributed by atoms with E-state index in [9.17, 15) is 0 Å². The molecule has 0 bridgehead atoms. The first kappa shape index (κ1) is 16.9. The Kier molecular flexibility index (Phi) is 6.41. The molecule has 2 aliphatic rings. The molecule has 100 valence electrons. The fraction of sp³-hybridized carbons (Fsp3) is 0.111. The van der Waals surface area contributed by atoms with Gasteiger partial charge in [0.05, 0.1) is 0 Å². The van der Waals surface area contributed by atoms with E-state index < -0.39 is 0 Å². The van der Waals surface area contributed by atoms with E-state index in [1.165, 1.54) is 27.1 Å². The normalized spacial score (nSPS) is 13.9. The number of fused-ring (bicyclic) bond motifs is 2. The van der Waals surface area contributed by atoms with E-state index in [4.69, 9.17) is 0 Å². The zero-order valence-electron chi connectivity index (χ0n) is 12.4. The van der Waals surface area contributed by atoms with E-state index in [-0.39, 0.29) is 21.7 Å². The average molecular weight is 312 g/mol. The molecule has 3 rings (SSSR count). The van der Waals surface area contributed by atoms with Crippen LogP contribution in [0.1, 0.15) is 25.0 Å². The average Bonchev–Trinajstić information content (AvgIpc) is 2.95. The summed E-state index contributed by atoms with van der Waals surface area (Å²) in [6, 6.07) is 4.64. The van der Waals surface area contributed by atoms with Crippen LogP contribution >= 0.6 is 0 Å². The van der Waals surface area contributed by atoms with Crippen LogP contribution in [0, 0.1) is 0 Å². The molecule has 0 aromatic heterocycles. The van der Waals surface area contributed by atoms with Gasteiger partial charge in [0, 0.05) is 32.0 Å². The van der Waals surface area contributed by atoms with Crippen molar-refractivity contribution in [2.45, 2.75) is 13.8 Å². The van der Waals surface area contributed by atoms with Crippen molar-refractivity contribution in [2.24, 2.45) is 0 Å². The van der Waals surface area contributed by atoms with Gasteiger partial charge in [-0.1, -0.05) is 59.9 Å². The van der Waals surface area contributed by atoms with Gasteiger partial charge in [-0.3, -0.25) is 0 Å². The Hall–Kier alpha value is -1.15. The molecule has 1 aromatic carbocycles. The molecule has 0 heterocycles. The van der Waals surface area contributed by atoms with E-state index in [1.807, 2.05) is 19.1 Å². The van der Waals surface area contributed by atoms with Crippen LogP contribution in [0.5, 0.6) is 0 Å². The second-order valence-electron chi connectivity index (χ2n) is 4.81. The Labute approximate surface area is 139 Å². The minimum absolute atomic E-state index is 0. The van der Waals surface area contributed by atoms with E-state index in [0.29, 0.717) is 0 Å². The Balaban J connectivity index is 0.000000293. The van der Waals surface area contributed by atoms with Crippen LogP contribution in [0.2, 0.25) is 0 Å². The molecule has 0 radical (unpaired) electrons. The molecule has 0 spiro atoms. The standard InChI is InChI=1S/C13H12Si.C5H8.Ti/c1-8-5-11-6-9-3-2-4-10(9)7-12(11)13(8)14;1-3-5-4-2;/h2-7H,1,14H3;3-5H,1H2,2H3;. The third-order valence-corrected chi connectivity index (χ3v) is 4.83. The van der Waals surface area contributed by atoms with Gasteiger partial charge < -0.3 is 0 Å². The van der Waals surface area contributed by atoms with Crippen molar-refractivity contribution < 1.29 is 21.7 Å². The van der Waals surface area contributed by atoms with Crippen LogP contribution in [-0.2, 0) is 21.7 Å². The van der Waals surface area contributed by atoms with E-state index in [0.717, 1.165) is 10.2 Å². The van der Waals surface area contributed by atoms with Crippen molar-refractivity contribution in [3.63, 3.8) is 0 Å². The molecule has 0 amide bonds. The number of allylic oxidation sites excluding steroid dienone is 5. The minimum Gasteiger partial charge on any atom is -0.0991 e. The van der Waals surface area contributed by atoms with E-state index >= 15 is 0 Å². The second kappa shape index (κ2) is 7.59. The summed E-state index contributed by atoms with van der Waals surface area (Å²) >= 11 is 0. The van der Waals surface area contributed by atoms with Gasteiger partial charge in [-0.15, -0.1) is 0 Å². The zero-order valence-corrected chi connectivity index (χ0v) is 16.0. The molecule has 0 fully saturated rings. The molecular formula is C18H20SiTi. The largest absolute Gasteiger partial charge is 0.0991 e. The molecule has 2 aliphatic carbocycles. The summed E-state index contributed by atoms with van der Waals surface area (Å²) in [7, 11) is 1.15. The van der Waals surface area contributed by atoms with Gasteiger partial charge in [0.1, 0.15) is 0 Å². The number of hydrogen-bond donors (Lipinski definition) is 0. The van der Waals surface area contributed by atoms with Gasteiger partial charge in [0.2, 0.25) is 0 Å². The number of rotatable bonds is 1. The smallest absolute Gasteiger partial charge is 0.0396 e. The van der Waals surface area contributed by atoms with Gasteiger partial charge in [-0.2, -0.15) is 0 Å². The SMILES string of the molecule is C=CC=CC.CC1=C([SiH3])c2cc3c(cc2=C1)C=CC=3.[Ti]. The Morgan fingerprint density at radius 1 is 1.20 bits per heavy atom. The van der Waals surface area contributed by atoms with E-state index in [1.54, 1.807) is 11.3 Å². The summed E-state index contributed by atoms with van der Waals surface area (Å²) in [6.07, 6.45) is 14.4. The van der Waals surface area contributed by atoms with Crippen LogP contribution < -0.4 is 10.4 Å². The Morgan fingerprint density at radius 2 is 1.95 bits per heavy atom. The molecule has 0 aliphatic heterocycles. The third-order valence-electron chi connectivity index (χ3n) is 3.50. The predicted octanol–water partition coefficient (Wildman–Crippen LogP) is 2.13. The summed E-state index contributed by atoms with van der Waals surface area (Å²) in [5.41, 5.74) is 4.29. The maximum absolute atomic E-state index is 3.46. The molecule has 20 heavy (non-hydrogen) atoms. The Morgan fingerprint density at radius 3 is 2.55 bits per heavy atom. The van der Waals surface area contributed by atoms with Crippen molar-refractivity contribution in [3.05, 3.63) is 70.2 Å². The van der Waals surface area contributed by atoms with Crippen molar-refractivity contribution in [2.75, 3.05) is 0 Å². The van der Waals surface area contributed by atoms with Crippen molar-refractivity contribution in [1.82, 2.24) is 0 Å². The third kappa shape index (κ3) is 3.49. The first-order chi connectivity index (χ1) is 9.17. The van der Waals surface area contributed by atoms with Crippen molar-refractivity contribution in [3.8, 4) is 0 Å². The number of hydrogen-bond acceptors (Lipinski definition) is 0. The van der Waals surface area contributed by atoms with Crippen molar-refractivity contribution in [1.29, 1.82) is 0 Å². The molecular weight excluding hydrogens is 292 g/mol. The fourth-order valence-electron chi connectivity index (χ4n) is 2.33.